The number of aryl methyl sites for hydroxylation is 1. The predicted molar refractivity (Wildman–Crippen MR) is 99.4 cm³/mol. The Bertz CT molecular complexity index is 800. The number of likely N-dealkylation sites (N-methyl/N-ethyl adjacent to an activating group) is 1. The summed E-state index contributed by atoms with van der Waals surface area (Å²) in [5.74, 6) is -0.745. The van der Waals surface area contributed by atoms with E-state index in [4.69, 9.17) is 0 Å². The van der Waals surface area contributed by atoms with E-state index in [9.17, 15) is 14.7 Å². The summed E-state index contributed by atoms with van der Waals surface area (Å²) in [6.07, 6.45) is 0.765. The summed E-state index contributed by atoms with van der Waals surface area (Å²) in [4.78, 5) is 26.7. The number of hydrogen-bond acceptors (Lipinski definition) is 3. The highest BCUT2D eigenvalue weighted by atomic mass is 35.5. The second-order valence-electron chi connectivity index (χ2n) is 6.16. The number of halogens is 1. The Morgan fingerprint density at radius 3 is 2.46 bits per heavy atom. The zero-order chi connectivity index (χ0) is 18.4. The van der Waals surface area contributed by atoms with Crippen LogP contribution in [0.4, 0.5) is 0 Å². The molecule has 0 radical (unpaired) electrons. The molecule has 7 heteroatoms. The Morgan fingerprint density at radius 1 is 1.19 bits per heavy atom. The summed E-state index contributed by atoms with van der Waals surface area (Å²) in [5, 5.41) is 13.8. The normalized spacial score (nSPS) is 10.8. The van der Waals surface area contributed by atoms with Crippen LogP contribution in [0, 0.1) is 0 Å². The van der Waals surface area contributed by atoms with Crippen molar-refractivity contribution in [1.29, 1.82) is 0 Å². The number of rotatable bonds is 8. The monoisotopic (exact) mass is 381 g/mol. The van der Waals surface area contributed by atoms with Crippen LogP contribution in [-0.4, -0.2) is 41.8 Å². The number of carbonyl (C=O) groups excluding carboxylic acids is 1. The molecule has 1 aromatic heterocycles. The van der Waals surface area contributed by atoms with E-state index in [1.54, 1.807) is 22.8 Å². The largest absolute Gasteiger partial charge is 1.00 e. The van der Waals surface area contributed by atoms with Crippen LogP contribution in [0.3, 0.4) is 0 Å². The number of benzene rings is 1. The van der Waals surface area contributed by atoms with Gasteiger partial charge in [-0.2, -0.15) is 0 Å². The maximum absolute atomic E-state index is 12.8. The van der Waals surface area contributed by atoms with Gasteiger partial charge in [-0.15, -0.1) is 0 Å². The molecule has 0 aliphatic rings. The first kappa shape index (κ1) is 22.0. The Balaban J connectivity index is 0.00000338. The van der Waals surface area contributed by atoms with Gasteiger partial charge in [0.25, 0.3) is 11.5 Å². The van der Waals surface area contributed by atoms with E-state index < -0.39 is 11.5 Å². The minimum Gasteiger partial charge on any atom is -1.00 e. The molecule has 0 fully saturated rings. The second-order valence-corrected chi connectivity index (χ2v) is 6.16. The topological polar surface area (TPSA) is 75.8 Å². The number of hydrogen-bond donors (Lipinski definition) is 3. The highest BCUT2D eigenvalue weighted by Gasteiger charge is 2.21. The van der Waals surface area contributed by atoms with Crippen molar-refractivity contribution in [2.75, 3.05) is 26.2 Å². The van der Waals surface area contributed by atoms with Crippen LogP contribution in [-0.2, 0) is 6.54 Å². The third-order valence-electron chi connectivity index (χ3n) is 4.58. The number of amides is 1. The average Bonchev–Trinajstić information content (AvgIpc) is 2.62. The van der Waals surface area contributed by atoms with E-state index in [-0.39, 0.29) is 23.7 Å². The van der Waals surface area contributed by atoms with E-state index in [0.29, 0.717) is 24.0 Å². The molecule has 1 aromatic carbocycles. The molecule has 0 unspecified atom stereocenters. The van der Waals surface area contributed by atoms with Gasteiger partial charge in [0.1, 0.15) is 11.3 Å². The summed E-state index contributed by atoms with van der Waals surface area (Å²) in [6.45, 7) is 9.89. The van der Waals surface area contributed by atoms with Gasteiger partial charge in [-0.25, -0.2) is 0 Å². The highest BCUT2D eigenvalue weighted by molar-refractivity contribution is 6.02. The van der Waals surface area contributed by atoms with Crippen LogP contribution in [0.15, 0.2) is 29.1 Å². The zero-order valence-corrected chi connectivity index (χ0v) is 16.4. The summed E-state index contributed by atoms with van der Waals surface area (Å²) in [5.41, 5.74) is 0.0448. The van der Waals surface area contributed by atoms with Crippen molar-refractivity contribution in [3.8, 4) is 5.75 Å². The number of aromatic hydroxyl groups is 1. The number of aromatic nitrogens is 1. The van der Waals surface area contributed by atoms with Crippen LogP contribution in [0.1, 0.15) is 37.6 Å². The molecule has 0 aliphatic carbocycles. The lowest BCUT2D eigenvalue weighted by Gasteiger charge is -2.16. The molecule has 0 atom stereocenters. The minimum atomic E-state index is -0.510. The fraction of sp³-hybridized carbons (Fsp3) is 0.474. The van der Waals surface area contributed by atoms with Crippen molar-refractivity contribution in [3.05, 3.63) is 40.2 Å². The summed E-state index contributed by atoms with van der Waals surface area (Å²) < 4.78 is 1.57. The molecule has 0 aliphatic heterocycles. The molecule has 0 spiro atoms. The molecule has 1 heterocycles. The van der Waals surface area contributed by atoms with Crippen LogP contribution in [0.2, 0.25) is 0 Å². The molecule has 0 saturated heterocycles. The van der Waals surface area contributed by atoms with Crippen molar-refractivity contribution >= 4 is 16.8 Å². The Labute approximate surface area is 160 Å². The molecule has 26 heavy (non-hydrogen) atoms. The number of pyridine rings is 1. The van der Waals surface area contributed by atoms with Crippen molar-refractivity contribution in [3.63, 3.8) is 0 Å². The molecule has 144 valence electrons. The van der Waals surface area contributed by atoms with Gasteiger partial charge in [0, 0.05) is 11.9 Å². The molecule has 0 saturated carbocycles. The van der Waals surface area contributed by atoms with E-state index in [0.717, 1.165) is 26.1 Å². The van der Waals surface area contributed by atoms with E-state index in [2.05, 4.69) is 19.2 Å². The molecule has 2 rings (SSSR count). The number of quaternary nitrogens is 1. The van der Waals surface area contributed by atoms with Gasteiger partial charge in [-0.05, 0) is 32.4 Å². The van der Waals surface area contributed by atoms with Crippen LogP contribution >= 0.6 is 0 Å². The van der Waals surface area contributed by atoms with E-state index in [1.807, 2.05) is 13.0 Å². The Kier molecular flexibility index (Phi) is 8.61. The summed E-state index contributed by atoms with van der Waals surface area (Å²) in [7, 11) is 0. The van der Waals surface area contributed by atoms with Crippen molar-refractivity contribution < 1.29 is 27.2 Å². The summed E-state index contributed by atoms with van der Waals surface area (Å²) in [6, 6.07) is 7.12. The lowest BCUT2D eigenvalue weighted by molar-refractivity contribution is -0.895. The highest BCUT2D eigenvalue weighted by Crippen LogP contribution is 2.26. The van der Waals surface area contributed by atoms with E-state index in [1.165, 1.54) is 4.90 Å². The smallest absolute Gasteiger partial charge is 0.267 e. The molecule has 2 aromatic rings. The van der Waals surface area contributed by atoms with Gasteiger partial charge in [-0.3, -0.25) is 9.59 Å². The first-order chi connectivity index (χ1) is 12.0. The molecular weight excluding hydrogens is 354 g/mol. The Morgan fingerprint density at radius 2 is 1.85 bits per heavy atom. The third-order valence-corrected chi connectivity index (χ3v) is 4.58. The number of fused-ring (bicyclic) bond motifs is 1. The molecule has 0 bridgehead atoms. The van der Waals surface area contributed by atoms with Gasteiger partial charge in [0.15, 0.2) is 0 Å². The van der Waals surface area contributed by atoms with Gasteiger partial charge in [-0.1, -0.05) is 19.1 Å². The van der Waals surface area contributed by atoms with Gasteiger partial charge >= 0.3 is 0 Å². The number of carbonyl (C=O) groups is 1. The molecule has 1 amide bonds. The summed E-state index contributed by atoms with van der Waals surface area (Å²) >= 11 is 0. The average molecular weight is 382 g/mol. The fourth-order valence-corrected chi connectivity index (χ4v) is 3.08. The van der Waals surface area contributed by atoms with E-state index >= 15 is 0 Å². The first-order valence-electron chi connectivity index (χ1n) is 9.01. The van der Waals surface area contributed by atoms with Gasteiger partial charge in [0.05, 0.1) is 31.7 Å². The second kappa shape index (κ2) is 10.2. The zero-order valence-electron chi connectivity index (χ0n) is 15.6. The van der Waals surface area contributed by atoms with Crippen LogP contribution in [0.5, 0.6) is 5.75 Å². The molecule has 3 N–H and O–H groups in total. The van der Waals surface area contributed by atoms with Gasteiger partial charge < -0.3 is 32.3 Å². The maximum Gasteiger partial charge on any atom is 0.267 e. The van der Waals surface area contributed by atoms with Crippen LogP contribution in [0.25, 0.3) is 10.9 Å². The number of nitrogens with zero attached hydrogens (tertiary/aromatic N) is 1. The van der Waals surface area contributed by atoms with Crippen molar-refractivity contribution in [2.45, 2.75) is 33.7 Å². The lowest BCUT2D eigenvalue weighted by atomic mass is 10.1. The van der Waals surface area contributed by atoms with Crippen molar-refractivity contribution in [1.82, 2.24) is 9.88 Å². The third kappa shape index (κ3) is 4.56. The Hall–Kier alpha value is -2.05. The van der Waals surface area contributed by atoms with Gasteiger partial charge in [0.2, 0.25) is 0 Å². The molecule has 6 nitrogen and oxygen atoms in total. The van der Waals surface area contributed by atoms with Crippen LogP contribution < -0.4 is 28.2 Å². The lowest BCUT2D eigenvalue weighted by Crippen LogP contribution is -3.12. The number of para-hydroxylation sites is 1. The number of nitrogens with one attached hydrogen (secondary N) is 2. The SMILES string of the molecule is CCCn1c(=O)c(C(=O)NCC[NH+](CC)CC)c(O)c2ccccc21.[Cl-]. The van der Waals surface area contributed by atoms with Crippen molar-refractivity contribution in [2.24, 2.45) is 0 Å². The fourth-order valence-electron chi connectivity index (χ4n) is 3.08. The first-order valence-corrected chi connectivity index (χ1v) is 9.01. The maximum atomic E-state index is 12.8. The predicted octanol–water partition coefficient (Wildman–Crippen LogP) is -2.22. The molecular formula is C19H28ClN3O3. The minimum absolute atomic E-state index is 0. The standard InChI is InChI=1S/C19H27N3O3.ClH/c1-4-12-22-15-10-8-7-9-14(15)17(23)16(19(22)25)18(24)20-11-13-21(5-2)6-3;/h7-10,23H,4-6,11-13H2,1-3H3,(H,20,24);1H. The quantitative estimate of drug-likeness (QED) is 0.485.